The summed E-state index contributed by atoms with van der Waals surface area (Å²) in [7, 11) is 0. The van der Waals surface area contributed by atoms with Gasteiger partial charge in [0.1, 0.15) is 0 Å². The topological polar surface area (TPSA) is 77.0 Å². The third-order valence-electron chi connectivity index (χ3n) is 2.32. The van der Waals surface area contributed by atoms with E-state index in [0.717, 1.165) is 13.0 Å². The molecular formula is C8H14N4O. The normalized spacial score (nSPS) is 24.2. The first-order chi connectivity index (χ1) is 6.36. The highest BCUT2D eigenvalue weighted by Crippen LogP contribution is 2.21. The Bertz CT molecular complexity index is 265. The van der Waals surface area contributed by atoms with E-state index < -0.39 is 0 Å². The fraction of sp³-hybridized carbons (Fsp3) is 0.750. The third kappa shape index (κ3) is 1.98. The number of rotatable bonds is 1. The Balaban J connectivity index is 2.06. The number of nitrogens with one attached hydrogen (secondary N) is 1. The molecule has 1 aliphatic heterocycles. The minimum absolute atomic E-state index is 0.201. The monoisotopic (exact) mass is 182 g/mol. The zero-order chi connectivity index (χ0) is 9.10. The van der Waals surface area contributed by atoms with Crippen LogP contribution in [-0.4, -0.2) is 16.7 Å². The van der Waals surface area contributed by atoms with Gasteiger partial charge in [-0.05, 0) is 24.5 Å². The van der Waals surface area contributed by atoms with Crippen LogP contribution < -0.4 is 11.1 Å². The maximum Gasteiger partial charge on any atom is 0.260 e. The highest BCUT2D eigenvalue weighted by Gasteiger charge is 2.18. The fourth-order valence-electron chi connectivity index (χ4n) is 1.63. The van der Waals surface area contributed by atoms with Gasteiger partial charge in [-0.15, -0.1) is 0 Å². The van der Waals surface area contributed by atoms with Crippen molar-refractivity contribution in [2.75, 3.05) is 12.3 Å². The van der Waals surface area contributed by atoms with Gasteiger partial charge in [0.05, 0.1) is 6.04 Å². The molecule has 0 radical (unpaired) electrons. The largest absolute Gasteiger partial charge is 0.365 e. The van der Waals surface area contributed by atoms with Crippen LogP contribution >= 0.6 is 0 Å². The Hall–Kier alpha value is -1.10. The zero-order valence-electron chi connectivity index (χ0n) is 7.49. The van der Waals surface area contributed by atoms with Gasteiger partial charge in [0.25, 0.3) is 5.95 Å². The predicted octanol–water partition coefficient (Wildman–Crippen LogP) is 0.856. The number of nitrogens with zero attached hydrogens (tertiary/aromatic N) is 2. The molecule has 1 aromatic heterocycles. The summed E-state index contributed by atoms with van der Waals surface area (Å²) >= 11 is 0. The predicted molar refractivity (Wildman–Crippen MR) is 47.9 cm³/mol. The van der Waals surface area contributed by atoms with Crippen LogP contribution in [0.2, 0.25) is 0 Å². The van der Waals surface area contributed by atoms with Crippen LogP contribution in [0.4, 0.5) is 5.95 Å². The van der Waals surface area contributed by atoms with Crippen molar-refractivity contribution in [3.8, 4) is 0 Å². The maximum atomic E-state index is 5.38. The molecule has 5 heteroatoms. The van der Waals surface area contributed by atoms with Gasteiger partial charge in [0, 0.05) is 0 Å². The van der Waals surface area contributed by atoms with E-state index in [-0.39, 0.29) is 12.0 Å². The van der Waals surface area contributed by atoms with E-state index in [4.69, 9.17) is 10.3 Å². The molecule has 0 aromatic carbocycles. The molecule has 1 aromatic rings. The van der Waals surface area contributed by atoms with E-state index in [1.807, 2.05) is 0 Å². The van der Waals surface area contributed by atoms with Crippen molar-refractivity contribution in [1.29, 1.82) is 0 Å². The first-order valence-corrected chi connectivity index (χ1v) is 4.69. The molecule has 2 heterocycles. The number of hydrogen-bond acceptors (Lipinski definition) is 5. The minimum atomic E-state index is 0.201. The lowest BCUT2D eigenvalue weighted by atomic mass is 10.1. The van der Waals surface area contributed by atoms with Crippen LogP contribution in [-0.2, 0) is 0 Å². The second kappa shape index (κ2) is 3.74. The summed E-state index contributed by atoms with van der Waals surface area (Å²) in [5, 5.41) is 6.93. The van der Waals surface area contributed by atoms with E-state index >= 15 is 0 Å². The molecule has 1 fully saturated rings. The van der Waals surface area contributed by atoms with Gasteiger partial charge in [-0.3, -0.25) is 0 Å². The molecule has 2 rings (SSSR count). The lowest BCUT2D eigenvalue weighted by Crippen LogP contribution is -2.20. The van der Waals surface area contributed by atoms with Crippen molar-refractivity contribution in [2.45, 2.75) is 31.7 Å². The molecule has 0 amide bonds. The number of hydrogen-bond donors (Lipinski definition) is 2. The summed E-state index contributed by atoms with van der Waals surface area (Å²) in [6.45, 7) is 1.02. The van der Waals surface area contributed by atoms with Crippen LogP contribution in [0.15, 0.2) is 4.52 Å². The van der Waals surface area contributed by atoms with Crippen LogP contribution in [0.1, 0.15) is 37.6 Å². The summed E-state index contributed by atoms with van der Waals surface area (Å²) in [6.07, 6.45) is 4.76. The van der Waals surface area contributed by atoms with Gasteiger partial charge in [-0.2, -0.15) is 4.98 Å². The molecule has 1 saturated heterocycles. The van der Waals surface area contributed by atoms with Gasteiger partial charge in [0.15, 0.2) is 0 Å². The van der Waals surface area contributed by atoms with Gasteiger partial charge in [-0.1, -0.05) is 12.8 Å². The Labute approximate surface area is 76.7 Å². The van der Waals surface area contributed by atoms with E-state index in [1.165, 1.54) is 19.3 Å². The van der Waals surface area contributed by atoms with E-state index in [9.17, 15) is 0 Å². The summed E-state index contributed by atoms with van der Waals surface area (Å²) < 4.78 is 5.01. The molecule has 13 heavy (non-hydrogen) atoms. The number of anilines is 1. The second-order valence-electron chi connectivity index (χ2n) is 3.35. The molecule has 1 unspecified atom stereocenters. The average Bonchev–Trinajstić information content (AvgIpc) is 2.43. The molecule has 72 valence electrons. The molecule has 1 aliphatic rings. The van der Waals surface area contributed by atoms with Gasteiger partial charge >= 0.3 is 0 Å². The van der Waals surface area contributed by atoms with Crippen molar-refractivity contribution >= 4 is 5.95 Å². The lowest BCUT2D eigenvalue weighted by molar-refractivity contribution is 0.327. The quantitative estimate of drug-likeness (QED) is 0.673. The van der Waals surface area contributed by atoms with Crippen LogP contribution in [0.3, 0.4) is 0 Å². The zero-order valence-corrected chi connectivity index (χ0v) is 7.49. The maximum absolute atomic E-state index is 5.38. The molecule has 0 spiro atoms. The molecule has 0 saturated carbocycles. The van der Waals surface area contributed by atoms with Crippen LogP contribution in [0.25, 0.3) is 0 Å². The first-order valence-electron chi connectivity index (χ1n) is 4.69. The summed E-state index contributed by atoms with van der Waals surface area (Å²) in [5.41, 5.74) is 5.38. The third-order valence-corrected chi connectivity index (χ3v) is 2.32. The van der Waals surface area contributed by atoms with E-state index in [0.29, 0.717) is 5.89 Å². The summed E-state index contributed by atoms with van der Waals surface area (Å²) in [5.74, 6) is 0.848. The van der Waals surface area contributed by atoms with Crippen molar-refractivity contribution < 1.29 is 4.52 Å². The highest BCUT2D eigenvalue weighted by molar-refractivity contribution is 5.11. The molecule has 0 bridgehead atoms. The van der Waals surface area contributed by atoms with Crippen LogP contribution in [0.5, 0.6) is 0 Å². The molecule has 5 nitrogen and oxygen atoms in total. The van der Waals surface area contributed by atoms with E-state index in [1.54, 1.807) is 0 Å². The Morgan fingerprint density at radius 2 is 2.31 bits per heavy atom. The minimum Gasteiger partial charge on any atom is -0.365 e. The Kier molecular flexibility index (Phi) is 2.44. The van der Waals surface area contributed by atoms with Crippen molar-refractivity contribution in [2.24, 2.45) is 0 Å². The molecular weight excluding hydrogens is 168 g/mol. The Morgan fingerprint density at radius 1 is 1.38 bits per heavy atom. The van der Waals surface area contributed by atoms with Gasteiger partial charge < -0.3 is 15.6 Å². The second-order valence-corrected chi connectivity index (χ2v) is 3.35. The Morgan fingerprint density at radius 3 is 3.08 bits per heavy atom. The average molecular weight is 182 g/mol. The lowest BCUT2D eigenvalue weighted by Gasteiger charge is -2.09. The molecule has 0 aliphatic carbocycles. The summed E-state index contributed by atoms with van der Waals surface area (Å²) in [6, 6.07) is 0.201. The highest BCUT2D eigenvalue weighted by atomic mass is 16.5. The smallest absolute Gasteiger partial charge is 0.260 e. The van der Waals surface area contributed by atoms with Crippen molar-refractivity contribution in [1.82, 2.24) is 15.5 Å². The van der Waals surface area contributed by atoms with Gasteiger partial charge in [0.2, 0.25) is 5.89 Å². The first kappa shape index (κ1) is 8.50. The SMILES string of the molecule is Nc1noc(C2CCCCCN2)n1. The van der Waals surface area contributed by atoms with Crippen molar-refractivity contribution in [3.05, 3.63) is 5.89 Å². The van der Waals surface area contributed by atoms with Crippen molar-refractivity contribution in [3.63, 3.8) is 0 Å². The van der Waals surface area contributed by atoms with Crippen LogP contribution in [0, 0.1) is 0 Å². The fourth-order valence-corrected chi connectivity index (χ4v) is 1.63. The van der Waals surface area contributed by atoms with Gasteiger partial charge in [-0.25, -0.2) is 0 Å². The summed E-state index contributed by atoms with van der Waals surface area (Å²) in [4.78, 5) is 4.01. The molecule has 3 N–H and O–H groups in total. The molecule has 1 atom stereocenters. The number of nitrogens with two attached hydrogens (primary N) is 1. The standard InChI is InChI=1S/C8H14N4O/c9-8-11-7(13-12-8)6-4-2-1-3-5-10-6/h6,10H,1-5H2,(H2,9,12). The van der Waals surface area contributed by atoms with E-state index in [2.05, 4.69) is 15.5 Å². The number of aromatic nitrogens is 2. The number of nitrogen functional groups attached to an aromatic ring is 1.